The minimum Gasteiger partial charge on any atom is -0.341 e. The van der Waals surface area contributed by atoms with Crippen LogP contribution in [0.3, 0.4) is 0 Å². The van der Waals surface area contributed by atoms with Crippen LogP contribution in [0.25, 0.3) is 0 Å². The zero-order valence-electron chi connectivity index (χ0n) is 13.5. The van der Waals surface area contributed by atoms with Crippen molar-refractivity contribution < 1.29 is 4.79 Å². The summed E-state index contributed by atoms with van der Waals surface area (Å²) >= 11 is 0. The first-order valence-corrected chi connectivity index (χ1v) is 8.65. The highest BCUT2D eigenvalue weighted by Gasteiger charge is 2.32. The molecule has 1 aliphatic heterocycles. The predicted octanol–water partition coefficient (Wildman–Crippen LogP) is 3.19. The molecule has 1 saturated carbocycles. The summed E-state index contributed by atoms with van der Waals surface area (Å²) in [6.07, 6.45) is 9.76. The molecule has 2 aliphatic rings. The van der Waals surface area contributed by atoms with Crippen LogP contribution >= 0.6 is 0 Å². The molecule has 0 aromatic carbocycles. The summed E-state index contributed by atoms with van der Waals surface area (Å²) < 4.78 is 0. The Morgan fingerprint density at radius 3 is 2.30 bits per heavy atom. The summed E-state index contributed by atoms with van der Waals surface area (Å²) in [5.74, 6) is 1.96. The van der Waals surface area contributed by atoms with E-state index in [9.17, 15) is 4.79 Å². The zero-order valence-corrected chi connectivity index (χ0v) is 13.5. The molecule has 0 bridgehead atoms. The van der Waals surface area contributed by atoms with Gasteiger partial charge in [-0.15, -0.1) is 0 Å². The van der Waals surface area contributed by atoms with Gasteiger partial charge in [-0.1, -0.05) is 26.7 Å². The highest BCUT2D eigenvalue weighted by molar-refractivity contribution is 5.82. The van der Waals surface area contributed by atoms with Gasteiger partial charge in [-0.25, -0.2) is 0 Å². The van der Waals surface area contributed by atoms with Gasteiger partial charge in [-0.3, -0.25) is 4.79 Å². The van der Waals surface area contributed by atoms with Crippen LogP contribution in [0.4, 0.5) is 0 Å². The van der Waals surface area contributed by atoms with Crippen LogP contribution in [0.2, 0.25) is 0 Å². The van der Waals surface area contributed by atoms with E-state index < -0.39 is 0 Å². The minimum atomic E-state index is 0.0719. The molecule has 116 valence electrons. The Morgan fingerprint density at radius 2 is 1.70 bits per heavy atom. The van der Waals surface area contributed by atoms with Crippen LogP contribution in [-0.4, -0.2) is 36.5 Å². The van der Waals surface area contributed by atoms with Crippen LogP contribution in [0, 0.1) is 11.8 Å². The molecule has 1 heterocycles. The van der Waals surface area contributed by atoms with Gasteiger partial charge in [0.15, 0.2) is 0 Å². The smallest absolute Gasteiger partial charge is 0.239 e. The fourth-order valence-electron chi connectivity index (χ4n) is 3.92. The molecule has 1 aliphatic carbocycles. The van der Waals surface area contributed by atoms with Crippen LogP contribution in [0.15, 0.2) is 0 Å². The fourth-order valence-corrected chi connectivity index (χ4v) is 3.92. The highest BCUT2D eigenvalue weighted by atomic mass is 16.2. The summed E-state index contributed by atoms with van der Waals surface area (Å²) in [6, 6.07) is 0.553. The molecular formula is C17H32N2O. The lowest BCUT2D eigenvalue weighted by molar-refractivity contribution is -0.136. The summed E-state index contributed by atoms with van der Waals surface area (Å²) in [7, 11) is 2.02. The third-order valence-corrected chi connectivity index (χ3v) is 5.68. The van der Waals surface area contributed by atoms with Crippen molar-refractivity contribution in [2.75, 3.05) is 13.6 Å². The normalized spacial score (nSPS) is 34.8. The van der Waals surface area contributed by atoms with E-state index in [1.807, 2.05) is 7.05 Å². The first-order valence-electron chi connectivity index (χ1n) is 8.65. The van der Waals surface area contributed by atoms with E-state index >= 15 is 0 Å². The maximum absolute atomic E-state index is 12.7. The Bertz CT molecular complexity index is 310. The molecule has 0 aromatic rings. The van der Waals surface area contributed by atoms with Crippen molar-refractivity contribution in [3.05, 3.63) is 0 Å². The topological polar surface area (TPSA) is 32.3 Å². The average molecular weight is 280 g/mol. The predicted molar refractivity (Wildman–Crippen MR) is 83.6 cm³/mol. The van der Waals surface area contributed by atoms with Crippen molar-refractivity contribution in [1.29, 1.82) is 0 Å². The highest BCUT2D eigenvalue weighted by Crippen LogP contribution is 2.30. The second-order valence-corrected chi connectivity index (χ2v) is 6.84. The third kappa shape index (κ3) is 3.75. The zero-order chi connectivity index (χ0) is 14.5. The SMILES string of the molecule is CCC1CCC(N(C)C(=O)C2CC(CC)CCN2)CC1. The number of nitrogens with one attached hydrogen (secondary N) is 1. The summed E-state index contributed by atoms with van der Waals surface area (Å²) in [5.41, 5.74) is 0. The van der Waals surface area contributed by atoms with Gasteiger partial charge < -0.3 is 10.2 Å². The molecule has 0 spiro atoms. The Morgan fingerprint density at radius 1 is 1.05 bits per heavy atom. The van der Waals surface area contributed by atoms with E-state index in [1.54, 1.807) is 0 Å². The molecular weight excluding hydrogens is 248 g/mol. The molecule has 1 amide bonds. The Labute approximate surface area is 124 Å². The Hall–Kier alpha value is -0.570. The number of carbonyl (C=O) groups is 1. The maximum Gasteiger partial charge on any atom is 0.239 e. The Balaban J connectivity index is 1.85. The molecule has 2 atom stereocenters. The summed E-state index contributed by atoms with van der Waals surface area (Å²) in [4.78, 5) is 14.7. The standard InChI is InChI=1S/C17H32N2O/c1-4-13-6-8-15(9-7-13)19(3)17(20)16-12-14(5-2)10-11-18-16/h13-16,18H,4-12H2,1-3H3. The number of rotatable bonds is 4. The van der Waals surface area contributed by atoms with E-state index in [-0.39, 0.29) is 6.04 Å². The van der Waals surface area contributed by atoms with Crippen LogP contribution in [-0.2, 0) is 4.79 Å². The molecule has 2 rings (SSSR count). The number of hydrogen-bond acceptors (Lipinski definition) is 2. The molecule has 2 unspecified atom stereocenters. The van der Waals surface area contributed by atoms with Crippen molar-refractivity contribution in [2.24, 2.45) is 11.8 Å². The van der Waals surface area contributed by atoms with Gasteiger partial charge >= 0.3 is 0 Å². The van der Waals surface area contributed by atoms with Gasteiger partial charge in [-0.05, 0) is 56.9 Å². The lowest BCUT2D eigenvalue weighted by Crippen LogP contribution is -2.52. The van der Waals surface area contributed by atoms with Gasteiger partial charge in [0.1, 0.15) is 0 Å². The van der Waals surface area contributed by atoms with Crippen LogP contribution in [0.1, 0.15) is 65.2 Å². The van der Waals surface area contributed by atoms with Gasteiger partial charge in [-0.2, -0.15) is 0 Å². The number of carbonyl (C=O) groups excluding carboxylic acids is 1. The fraction of sp³-hybridized carbons (Fsp3) is 0.941. The van der Waals surface area contributed by atoms with Gasteiger partial charge in [0.05, 0.1) is 6.04 Å². The quantitative estimate of drug-likeness (QED) is 0.857. The van der Waals surface area contributed by atoms with E-state index in [0.717, 1.165) is 24.8 Å². The van der Waals surface area contributed by atoms with E-state index in [0.29, 0.717) is 11.9 Å². The molecule has 0 aromatic heterocycles. The van der Waals surface area contributed by atoms with Crippen molar-refractivity contribution in [2.45, 2.75) is 77.3 Å². The lowest BCUT2D eigenvalue weighted by Gasteiger charge is -2.38. The summed E-state index contributed by atoms with van der Waals surface area (Å²) in [5, 5.41) is 3.43. The minimum absolute atomic E-state index is 0.0719. The second-order valence-electron chi connectivity index (χ2n) is 6.84. The lowest BCUT2D eigenvalue weighted by atomic mass is 9.83. The molecule has 2 fully saturated rings. The van der Waals surface area contributed by atoms with Crippen LogP contribution < -0.4 is 5.32 Å². The number of hydrogen-bond donors (Lipinski definition) is 1. The van der Waals surface area contributed by atoms with E-state index in [1.165, 1.54) is 44.9 Å². The van der Waals surface area contributed by atoms with E-state index in [2.05, 4.69) is 24.1 Å². The Kier molecular flexibility index (Phi) is 5.88. The molecule has 3 nitrogen and oxygen atoms in total. The largest absolute Gasteiger partial charge is 0.341 e. The van der Waals surface area contributed by atoms with Gasteiger partial charge in [0.2, 0.25) is 5.91 Å². The number of piperidine rings is 1. The van der Waals surface area contributed by atoms with Crippen molar-refractivity contribution in [1.82, 2.24) is 10.2 Å². The average Bonchev–Trinajstić information content (AvgIpc) is 2.53. The maximum atomic E-state index is 12.7. The van der Waals surface area contributed by atoms with Gasteiger partial charge in [0, 0.05) is 13.1 Å². The van der Waals surface area contributed by atoms with Crippen LogP contribution in [0.5, 0.6) is 0 Å². The molecule has 1 N–H and O–H groups in total. The van der Waals surface area contributed by atoms with Crippen molar-refractivity contribution in [3.63, 3.8) is 0 Å². The first kappa shape index (κ1) is 15.8. The number of nitrogens with zero attached hydrogens (tertiary/aromatic N) is 1. The monoisotopic (exact) mass is 280 g/mol. The molecule has 3 heteroatoms. The summed E-state index contributed by atoms with van der Waals surface area (Å²) in [6.45, 7) is 5.54. The first-order chi connectivity index (χ1) is 9.65. The molecule has 0 radical (unpaired) electrons. The van der Waals surface area contributed by atoms with Crippen molar-refractivity contribution in [3.8, 4) is 0 Å². The third-order valence-electron chi connectivity index (χ3n) is 5.68. The number of likely N-dealkylation sites (N-methyl/N-ethyl adjacent to an activating group) is 1. The molecule has 1 saturated heterocycles. The van der Waals surface area contributed by atoms with Crippen molar-refractivity contribution >= 4 is 5.91 Å². The molecule has 20 heavy (non-hydrogen) atoms. The van der Waals surface area contributed by atoms with Gasteiger partial charge in [0.25, 0.3) is 0 Å². The second kappa shape index (κ2) is 7.44. The number of amides is 1. The van der Waals surface area contributed by atoms with E-state index in [4.69, 9.17) is 0 Å².